The van der Waals surface area contributed by atoms with Gasteiger partial charge in [-0.1, -0.05) is 27.2 Å². The third-order valence-corrected chi connectivity index (χ3v) is 3.76. The fraction of sp³-hybridized carbons (Fsp3) is 0.750. The highest BCUT2D eigenvalue weighted by Crippen LogP contribution is 2.21. The quantitative estimate of drug-likeness (QED) is 0.802. The maximum atomic E-state index is 4.43. The maximum absolute atomic E-state index is 4.43. The van der Waals surface area contributed by atoms with Gasteiger partial charge in [0.15, 0.2) is 0 Å². The maximum Gasteiger partial charge on any atom is 0.107 e. The van der Waals surface area contributed by atoms with Crippen molar-refractivity contribution in [2.75, 3.05) is 0 Å². The van der Waals surface area contributed by atoms with Gasteiger partial charge in [-0.25, -0.2) is 4.98 Å². The minimum absolute atomic E-state index is 0.599. The van der Waals surface area contributed by atoms with Gasteiger partial charge in [0.2, 0.25) is 0 Å². The average Bonchev–Trinajstić information content (AvgIpc) is 2.63. The predicted molar refractivity (Wildman–Crippen MR) is 67.4 cm³/mol. The molecule has 0 aliphatic rings. The molecule has 0 aliphatic carbocycles. The smallest absolute Gasteiger partial charge is 0.107 e. The molecule has 1 aromatic heterocycles. The van der Waals surface area contributed by atoms with Crippen LogP contribution in [0, 0.1) is 0 Å². The van der Waals surface area contributed by atoms with Crippen LogP contribution in [-0.2, 0) is 6.54 Å². The van der Waals surface area contributed by atoms with Crippen LogP contribution in [0.4, 0.5) is 0 Å². The number of thiazole rings is 1. The second-order valence-electron chi connectivity index (χ2n) is 4.38. The van der Waals surface area contributed by atoms with Gasteiger partial charge in [0.05, 0.1) is 0 Å². The molecule has 0 radical (unpaired) electrons. The number of aromatic nitrogens is 1. The molecule has 0 saturated carbocycles. The monoisotopic (exact) mass is 226 g/mol. The molecule has 15 heavy (non-hydrogen) atoms. The molecule has 1 N–H and O–H groups in total. The number of nitrogens with zero attached hydrogens (tertiary/aromatic N) is 1. The topological polar surface area (TPSA) is 24.9 Å². The van der Waals surface area contributed by atoms with Crippen LogP contribution in [0.15, 0.2) is 6.20 Å². The fourth-order valence-corrected chi connectivity index (χ4v) is 2.34. The molecule has 0 fully saturated rings. The van der Waals surface area contributed by atoms with Crippen molar-refractivity contribution >= 4 is 11.3 Å². The Kier molecular flexibility index (Phi) is 5.26. The normalized spacial score (nSPS) is 13.4. The number of hydrogen-bond acceptors (Lipinski definition) is 3. The first kappa shape index (κ1) is 12.7. The predicted octanol–water partition coefficient (Wildman–Crippen LogP) is 3.54. The Hall–Kier alpha value is -0.410. The van der Waals surface area contributed by atoms with E-state index in [4.69, 9.17) is 0 Å². The molecular formula is C12H22N2S. The molecule has 0 aliphatic heterocycles. The molecule has 3 heteroatoms. The Morgan fingerprint density at radius 2 is 2.13 bits per heavy atom. The molecular weight excluding hydrogens is 204 g/mol. The molecule has 1 unspecified atom stereocenters. The summed E-state index contributed by atoms with van der Waals surface area (Å²) in [5, 5.41) is 4.71. The van der Waals surface area contributed by atoms with Gasteiger partial charge in [0, 0.05) is 23.7 Å². The van der Waals surface area contributed by atoms with Crippen molar-refractivity contribution in [3.8, 4) is 0 Å². The summed E-state index contributed by atoms with van der Waals surface area (Å²) in [6.07, 6.45) is 4.49. The van der Waals surface area contributed by atoms with E-state index in [1.165, 1.54) is 22.7 Å². The van der Waals surface area contributed by atoms with Crippen molar-refractivity contribution in [1.82, 2.24) is 10.3 Å². The van der Waals surface area contributed by atoms with Gasteiger partial charge in [-0.2, -0.15) is 0 Å². The summed E-state index contributed by atoms with van der Waals surface area (Å²) in [5.74, 6) is 0.601. The van der Waals surface area contributed by atoms with Gasteiger partial charge >= 0.3 is 0 Å². The van der Waals surface area contributed by atoms with Gasteiger partial charge in [0.1, 0.15) is 5.01 Å². The van der Waals surface area contributed by atoms with Gasteiger partial charge < -0.3 is 5.32 Å². The first-order valence-corrected chi connectivity index (χ1v) is 6.63. The van der Waals surface area contributed by atoms with Crippen LogP contribution < -0.4 is 5.32 Å². The standard InChI is InChI=1S/C12H22N2S/c1-5-6-10(4)13-8-12-14-7-11(15-12)9(2)3/h7,9-10,13H,5-6,8H2,1-4H3. The summed E-state index contributed by atoms with van der Waals surface area (Å²) in [5.41, 5.74) is 0. The molecule has 0 saturated heterocycles. The Balaban J connectivity index is 2.37. The molecule has 0 bridgehead atoms. The SMILES string of the molecule is CCCC(C)NCc1ncc(C(C)C)s1. The van der Waals surface area contributed by atoms with Crippen LogP contribution in [0.25, 0.3) is 0 Å². The minimum Gasteiger partial charge on any atom is -0.308 e. The number of hydrogen-bond donors (Lipinski definition) is 1. The lowest BCUT2D eigenvalue weighted by Gasteiger charge is -2.10. The van der Waals surface area contributed by atoms with Gasteiger partial charge in [-0.15, -0.1) is 11.3 Å². The van der Waals surface area contributed by atoms with Gasteiger partial charge in [0.25, 0.3) is 0 Å². The summed E-state index contributed by atoms with van der Waals surface area (Å²) in [6.45, 7) is 9.80. The lowest BCUT2D eigenvalue weighted by molar-refractivity contribution is 0.507. The average molecular weight is 226 g/mol. The molecule has 0 aromatic carbocycles. The Bertz CT molecular complexity index is 281. The van der Waals surface area contributed by atoms with Crippen LogP contribution in [0.1, 0.15) is 56.3 Å². The van der Waals surface area contributed by atoms with E-state index in [2.05, 4.69) is 38.0 Å². The van der Waals surface area contributed by atoms with Gasteiger partial charge in [-0.05, 0) is 19.3 Å². The van der Waals surface area contributed by atoms with Crippen LogP contribution >= 0.6 is 11.3 Å². The van der Waals surface area contributed by atoms with Crippen molar-refractivity contribution in [2.24, 2.45) is 0 Å². The number of nitrogens with one attached hydrogen (secondary N) is 1. The zero-order chi connectivity index (χ0) is 11.3. The highest BCUT2D eigenvalue weighted by molar-refractivity contribution is 7.11. The largest absolute Gasteiger partial charge is 0.308 e. The second kappa shape index (κ2) is 6.23. The summed E-state index contributed by atoms with van der Waals surface area (Å²) in [4.78, 5) is 5.81. The van der Waals surface area contributed by atoms with Crippen molar-refractivity contribution in [2.45, 2.75) is 59.0 Å². The van der Waals surface area contributed by atoms with Crippen molar-refractivity contribution in [1.29, 1.82) is 0 Å². The van der Waals surface area contributed by atoms with Crippen LogP contribution in [0.3, 0.4) is 0 Å². The molecule has 1 atom stereocenters. The highest BCUT2D eigenvalue weighted by Gasteiger charge is 2.06. The fourth-order valence-electron chi connectivity index (χ4n) is 1.47. The summed E-state index contributed by atoms with van der Waals surface area (Å²) >= 11 is 1.83. The summed E-state index contributed by atoms with van der Waals surface area (Å²) in [7, 11) is 0. The van der Waals surface area contributed by atoms with Crippen LogP contribution in [0.5, 0.6) is 0 Å². The second-order valence-corrected chi connectivity index (χ2v) is 5.53. The van der Waals surface area contributed by atoms with Crippen LogP contribution in [-0.4, -0.2) is 11.0 Å². The van der Waals surface area contributed by atoms with Crippen molar-refractivity contribution in [3.05, 3.63) is 16.1 Å². The molecule has 1 heterocycles. The zero-order valence-electron chi connectivity index (χ0n) is 10.2. The molecule has 86 valence electrons. The lowest BCUT2D eigenvalue weighted by atomic mass is 10.2. The lowest BCUT2D eigenvalue weighted by Crippen LogP contribution is -2.24. The number of rotatable bonds is 6. The van der Waals surface area contributed by atoms with Crippen molar-refractivity contribution < 1.29 is 0 Å². The first-order chi connectivity index (χ1) is 7.13. The van der Waals surface area contributed by atoms with E-state index in [0.717, 1.165) is 6.54 Å². The molecule has 0 spiro atoms. The van der Waals surface area contributed by atoms with E-state index in [0.29, 0.717) is 12.0 Å². The Labute approximate surface area is 97.1 Å². The highest BCUT2D eigenvalue weighted by atomic mass is 32.1. The van der Waals surface area contributed by atoms with E-state index < -0.39 is 0 Å². The molecule has 1 rings (SSSR count). The first-order valence-electron chi connectivity index (χ1n) is 5.81. The third-order valence-electron chi connectivity index (χ3n) is 2.46. The van der Waals surface area contributed by atoms with E-state index in [-0.39, 0.29) is 0 Å². The van der Waals surface area contributed by atoms with E-state index in [9.17, 15) is 0 Å². The van der Waals surface area contributed by atoms with E-state index in [1.807, 2.05) is 17.5 Å². The molecule has 0 amide bonds. The zero-order valence-corrected chi connectivity index (χ0v) is 11.0. The molecule has 2 nitrogen and oxygen atoms in total. The summed E-state index contributed by atoms with van der Waals surface area (Å²) < 4.78 is 0. The van der Waals surface area contributed by atoms with E-state index >= 15 is 0 Å². The molecule has 1 aromatic rings. The van der Waals surface area contributed by atoms with Gasteiger partial charge in [-0.3, -0.25) is 0 Å². The minimum atomic E-state index is 0.599. The Morgan fingerprint density at radius 1 is 1.40 bits per heavy atom. The Morgan fingerprint density at radius 3 is 2.67 bits per heavy atom. The van der Waals surface area contributed by atoms with Crippen molar-refractivity contribution in [3.63, 3.8) is 0 Å². The third kappa shape index (κ3) is 4.31. The summed E-state index contributed by atoms with van der Waals surface area (Å²) in [6, 6.07) is 0.599. The van der Waals surface area contributed by atoms with Crippen LogP contribution in [0.2, 0.25) is 0 Å². The van der Waals surface area contributed by atoms with E-state index in [1.54, 1.807) is 0 Å².